The molecule has 0 saturated carbocycles. The summed E-state index contributed by atoms with van der Waals surface area (Å²) < 4.78 is 0. The highest BCUT2D eigenvalue weighted by Gasteiger charge is 2.14. The standard InChI is InChI=1S/C11H22ClNO/c1-4-5-6-7-11(14)13(9-8-12)10(2)3/h10H,4-9H2,1-3H3. The minimum Gasteiger partial charge on any atom is -0.339 e. The number of alkyl halides is 1. The van der Waals surface area contributed by atoms with Gasteiger partial charge in [0.25, 0.3) is 0 Å². The molecule has 84 valence electrons. The van der Waals surface area contributed by atoms with E-state index < -0.39 is 0 Å². The molecule has 1 amide bonds. The van der Waals surface area contributed by atoms with Crippen LogP contribution < -0.4 is 0 Å². The molecule has 0 aromatic rings. The summed E-state index contributed by atoms with van der Waals surface area (Å²) in [6.45, 7) is 6.88. The molecule has 0 saturated heterocycles. The lowest BCUT2D eigenvalue weighted by Gasteiger charge is -2.25. The van der Waals surface area contributed by atoms with E-state index in [0.29, 0.717) is 18.8 Å². The summed E-state index contributed by atoms with van der Waals surface area (Å²) in [5.41, 5.74) is 0. The van der Waals surface area contributed by atoms with Crippen LogP contribution in [0.2, 0.25) is 0 Å². The summed E-state index contributed by atoms with van der Waals surface area (Å²) in [6, 6.07) is 0.267. The van der Waals surface area contributed by atoms with E-state index in [4.69, 9.17) is 11.6 Å². The minimum atomic E-state index is 0.245. The first kappa shape index (κ1) is 13.8. The molecule has 2 nitrogen and oxygen atoms in total. The zero-order valence-corrected chi connectivity index (χ0v) is 10.3. The van der Waals surface area contributed by atoms with Gasteiger partial charge in [-0.2, -0.15) is 0 Å². The number of amides is 1. The van der Waals surface area contributed by atoms with Crippen molar-refractivity contribution in [1.29, 1.82) is 0 Å². The van der Waals surface area contributed by atoms with E-state index in [-0.39, 0.29) is 11.9 Å². The van der Waals surface area contributed by atoms with Gasteiger partial charge in [0.1, 0.15) is 0 Å². The SMILES string of the molecule is CCCCCC(=O)N(CCCl)C(C)C. The number of carbonyl (C=O) groups excluding carboxylic acids is 1. The fourth-order valence-corrected chi connectivity index (χ4v) is 1.61. The van der Waals surface area contributed by atoms with Gasteiger partial charge in [-0.3, -0.25) is 4.79 Å². The van der Waals surface area contributed by atoms with Crippen molar-refractivity contribution < 1.29 is 4.79 Å². The molecular formula is C11H22ClNO. The van der Waals surface area contributed by atoms with Gasteiger partial charge in [-0.05, 0) is 20.3 Å². The predicted molar refractivity (Wildman–Crippen MR) is 61.7 cm³/mol. The van der Waals surface area contributed by atoms with Crippen molar-refractivity contribution in [3.05, 3.63) is 0 Å². The maximum atomic E-state index is 11.7. The molecule has 3 heteroatoms. The molecule has 14 heavy (non-hydrogen) atoms. The van der Waals surface area contributed by atoms with Crippen LogP contribution >= 0.6 is 11.6 Å². The molecule has 0 unspecified atom stereocenters. The van der Waals surface area contributed by atoms with Gasteiger partial charge in [-0.1, -0.05) is 19.8 Å². The Morgan fingerprint density at radius 1 is 1.36 bits per heavy atom. The number of nitrogens with zero attached hydrogens (tertiary/aromatic N) is 1. The van der Waals surface area contributed by atoms with Crippen molar-refractivity contribution in [1.82, 2.24) is 4.90 Å². The first-order valence-electron chi connectivity index (χ1n) is 5.48. The van der Waals surface area contributed by atoms with E-state index in [1.165, 1.54) is 0 Å². The highest BCUT2D eigenvalue weighted by molar-refractivity contribution is 6.18. The quantitative estimate of drug-likeness (QED) is 0.476. The Morgan fingerprint density at radius 2 is 2.00 bits per heavy atom. The van der Waals surface area contributed by atoms with E-state index >= 15 is 0 Å². The summed E-state index contributed by atoms with van der Waals surface area (Å²) in [5.74, 6) is 0.770. The Morgan fingerprint density at radius 3 is 2.43 bits per heavy atom. The Labute approximate surface area is 92.6 Å². The summed E-state index contributed by atoms with van der Waals surface area (Å²) in [7, 11) is 0. The third-order valence-electron chi connectivity index (χ3n) is 2.26. The van der Waals surface area contributed by atoms with Crippen molar-refractivity contribution in [3.63, 3.8) is 0 Å². The number of hydrogen-bond acceptors (Lipinski definition) is 1. The van der Waals surface area contributed by atoms with E-state index in [2.05, 4.69) is 6.92 Å². The van der Waals surface area contributed by atoms with E-state index in [1.807, 2.05) is 18.7 Å². The zero-order chi connectivity index (χ0) is 11.0. The van der Waals surface area contributed by atoms with Gasteiger partial charge in [-0.15, -0.1) is 11.6 Å². The van der Waals surface area contributed by atoms with Gasteiger partial charge in [-0.25, -0.2) is 0 Å². The number of halogens is 1. The third kappa shape index (κ3) is 5.48. The molecule has 0 aliphatic heterocycles. The molecule has 0 atom stereocenters. The number of hydrogen-bond donors (Lipinski definition) is 0. The smallest absolute Gasteiger partial charge is 0.222 e. The first-order chi connectivity index (χ1) is 6.63. The Hall–Kier alpha value is -0.240. The molecule has 0 aromatic heterocycles. The molecule has 0 fully saturated rings. The molecule has 0 heterocycles. The topological polar surface area (TPSA) is 20.3 Å². The minimum absolute atomic E-state index is 0.245. The summed E-state index contributed by atoms with van der Waals surface area (Å²) >= 11 is 5.65. The number of carbonyl (C=O) groups is 1. The Kier molecular flexibility index (Phi) is 7.96. The van der Waals surface area contributed by atoms with Crippen molar-refractivity contribution in [3.8, 4) is 0 Å². The van der Waals surface area contributed by atoms with Crippen LogP contribution in [0.1, 0.15) is 46.5 Å². The van der Waals surface area contributed by atoms with Crippen LogP contribution in [0.5, 0.6) is 0 Å². The van der Waals surface area contributed by atoms with Gasteiger partial charge >= 0.3 is 0 Å². The maximum Gasteiger partial charge on any atom is 0.222 e. The lowest BCUT2D eigenvalue weighted by Crippen LogP contribution is -2.38. The maximum absolute atomic E-state index is 11.7. The molecular weight excluding hydrogens is 198 g/mol. The molecule has 0 radical (unpaired) electrons. The second-order valence-corrected chi connectivity index (χ2v) is 4.20. The zero-order valence-electron chi connectivity index (χ0n) is 9.55. The van der Waals surface area contributed by atoms with Crippen molar-refractivity contribution in [2.75, 3.05) is 12.4 Å². The molecule has 0 spiro atoms. The van der Waals surface area contributed by atoms with E-state index in [1.54, 1.807) is 0 Å². The summed E-state index contributed by atoms with van der Waals surface area (Å²) in [6.07, 6.45) is 3.97. The van der Waals surface area contributed by atoms with Gasteiger partial charge in [0.2, 0.25) is 5.91 Å². The highest BCUT2D eigenvalue weighted by Crippen LogP contribution is 2.06. The molecule has 0 aromatic carbocycles. The van der Waals surface area contributed by atoms with Crippen molar-refractivity contribution >= 4 is 17.5 Å². The van der Waals surface area contributed by atoms with Crippen LogP contribution in [0, 0.1) is 0 Å². The van der Waals surface area contributed by atoms with Crippen LogP contribution in [0.15, 0.2) is 0 Å². The van der Waals surface area contributed by atoms with E-state index in [9.17, 15) is 4.79 Å². The number of unbranched alkanes of at least 4 members (excludes halogenated alkanes) is 2. The molecule has 0 aliphatic rings. The Balaban J connectivity index is 3.89. The van der Waals surface area contributed by atoms with Crippen molar-refractivity contribution in [2.24, 2.45) is 0 Å². The van der Waals surface area contributed by atoms with Crippen LogP contribution in [-0.2, 0) is 4.79 Å². The molecule has 0 N–H and O–H groups in total. The normalized spacial score (nSPS) is 10.6. The molecule has 0 rings (SSSR count). The fourth-order valence-electron chi connectivity index (χ4n) is 1.43. The largest absolute Gasteiger partial charge is 0.339 e. The summed E-state index contributed by atoms with van der Waals surface area (Å²) in [5, 5.41) is 0. The molecule has 0 bridgehead atoms. The van der Waals surface area contributed by atoms with Gasteiger partial charge in [0.05, 0.1) is 0 Å². The highest BCUT2D eigenvalue weighted by atomic mass is 35.5. The van der Waals surface area contributed by atoms with Gasteiger partial charge in [0, 0.05) is 24.9 Å². The number of rotatable bonds is 7. The van der Waals surface area contributed by atoms with Crippen LogP contribution in [0.3, 0.4) is 0 Å². The third-order valence-corrected chi connectivity index (χ3v) is 2.43. The Bertz CT molecular complexity index is 159. The average Bonchev–Trinajstić information content (AvgIpc) is 2.13. The lowest BCUT2D eigenvalue weighted by molar-refractivity contribution is -0.132. The monoisotopic (exact) mass is 219 g/mol. The van der Waals surface area contributed by atoms with Gasteiger partial charge < -0.3 is 4.90 Å². The second-order valence-electron chi connectivity index (χ2n) is 3.83. The average molecular weight is 220 g/mol. The second kappa shape index (κ2) is 8.10. The first-order valence-corrected chi connectivity index (χ1v) is 6.02. The predicted octanol–water partition coefficient (Wildman–Crippen LogP) is 3.04. The molecule has 0 aliphatic carbocycles. The van der Waals surface area contributed by atoms with Crippen LogP contribution in [-0.4, -0.2) is 29.3 Å². The van der Waals surface area contributed by atoms with Crippen LogP contribution in [0.4, 0.5) is 0 Å². The lowest BCUT2D eigenvalue weighted by atomic mass is 10.2. The van der Waals surface area contributed by atoms with Crippen LogP contribution in [0.25, 0.3) is 0 Å². The summed E-state index contributed by atoms with van der Waals surface area (Å²) in [4.78, 5) is 13.6. The fraction of sp³-hybridized carbons (Fsp3) is 0.909. The van der Waals surface area contributed by atoms with Crippen molar-refractivity contribution in [2.45, 2.75) is 52.5 Å². The van der Waals surface area contributed by atoms with Gasteiger partial charge in [0.15, 0.2) is 0 Å². The van der Waals surface area contributed by atoms with E-state index in [0.717, 1.165) is 19.3 Å².